The van der Waals surface area contributed by atoms with Gasteiger partial charge in [-0.3, -0.25) is 0 Å². The Morgan fingerprint density at radius 3 is 2.22 bits per heavy atom. The van der Waals surface area contributed by atoms with Gasteiger partial charge < -0.3 is 4.74 Å². The Balaban J connectivity index is 4.43. The zero-order valence-corrected chi connectivity index (χ0v) is 14.4. The third kappa shape index (κ3) is 8.45. The minimum atomic E-state index is -3.28. The summed E-state index contributed by atoms with van der Waals surface area (Å²) in [6.45, 7) is 10.1. The van der Waals surface area contributed by atoms with Gasteiger partial charge in [0, 0.05) is 11.4 Å². The van der Waals surface area contributed by atoms with E-state index in [9.17, 15) is 8.42 Å². The molecule has 18 heavy (non-hydrogen) atoms. The van der Waals surface area contributed by atoms with Crippen LogP contribution in [0.1, 0.15) is 41.0 Å². The Morgan fingerprint density at radius 1 is 1.28 bits per heavy atom. The van der Waals surface area contributed by atoms with Crippen LogP contribution in [0.3, 0.4) is 0 Å². The van der Waals surface area contributed by atoms with Crippen LogP contribution in [0.5, 0.6) is 0 Å². The quantitative estimate of drug-likeness (QED) is 0.689. The van der Waals surface area contributed by atoms with Crippen LogP contribution < -0.4 is 4.72 Å². The molecule has 0 spiro atoms. The Morgan fingerprint density at radius 2 is 1.83 bits per heavy atom. The average Bonchev–Trinajstić information content (AvgIpc) is 2.14. The summed E-state index contributed by atoms with van der Waals surface area (Å²) >= 11 is 3.36. The van der Waals surface area contributed by atoms with Crippen molar-refractivity contribution in [2.24, 2.45) is 5.41 Å². The maximum atomic E-state index is 11.9. The van der Waals surface area contributed by atoms with Crippen LogP contribution in [0, 0.1) is 5.41 Å². The highest BCUT2D eigenvalue weighted by molar-refractivity contribution is 9.09. The van der Waals surface area contributed by atoms with Crippen molar-refractivity contribution in [1.82, 2.24) is 4.72 Å². The van der Waals surface area contributed by atoms with Gasteiger partial charge in [-0.05, 0) is 25.7 Å². The molecule has 0 saturated carbocycles. The van der Waals surface area contributed by atoms with Crippen LogP contribution in [-0.2, 0) is 14.8 Å². The fraction of sp³-hybridized carbons (Fsp3) is 1.00. The number of hydrogen-bond acceptors (Lipinski definition) is 3. The van der Waals surface area contributed by atoms with Crippen LogP contribution in [0.4, 0.5) is 0 Å². The van der Waals surface area contributed by atoms with Crippen molar-refractivity contribution in [1.29, 1.82) is 0 Å². The third-order valence-electron chi connectivity index (χ3n) is 2.57. The first-order valence-electron chi connectivity index (χ1n) is 6.26. The van der Waals surface area contributed by atoms with Crippen LogP contribution in [0.15, 0.2) is 0 Å². The first-order chi connectivity index (χ1) is 8.08. The highest BCUT2D eigenvalue weighted by Gasteiger charge is 2.28. The van der Waals surface area contributed by atoms with Gasteiger partial charge in [0.15, 0.2) is 0 Å². The van der Waals surface area contributed by atoms with Crippen molar-refractivity contribution in [3.8, 4) is 0 Å². The zero-order chi connectivity index (χ0) is 14.4. The van der Waals surface area contributed by atoms with E-state index < -0.39 is 10.0 Å². The van der Waals surface area contributed by atoms with Gasteiger partial charge in [-0.25, -0.2) is 13.1 Å². The minimum Gasteiger partial charge on any atom is -0.378 e. The van der Waals surface area contributed by atoms with Gasteiger partial charge in [-0.1, -0.05) is 36.7 Å². The van der Waals surface area contributed by atoms with Crippen molar-refractivity contribution in [3.05, 3.63) is 0 Å². The number of halogens is 1. The van der Waals surface area contributed by atoms with Gasteiger partial charge in [0.05, 0.1) is 18.5 Å². The molecule has 1 unspecified atom stereocenters. The second kappa shape index (κ2) is 7.82. The molecule has 0 fully saturated rings. The molecule has 6 heteroatoms. The topological polar surface area (TPSA) is 55.4 Å². The number of ether oxygens (including phenoxy) is 1. The predicted molar refractivity (Wildman–Crippen MR) is 79.7 cm³/mol. The molecule has 0 heterocycles. The van der Waals surface area contributed by atoms with E-state index in [1.165, 1.54) is 0 Å². The molecule has 1 atom stereocenters. The van der Waals surface area contributed by atoms with E-state index in [-0.39, 0.29) is 29.9 Å². The average molecular weight is 344 g/mol. The van der Waals surface area contributed by atoms with E-state index in [0.717, 1.165) is 11.8 Å². The maximum Gasteiger partial charge on any atom is 0.214 e. The molecule has 0 aromatic carbocycles. The molecule has 0 aliphatic heterocycles. The SMILES string of the molecule is CC(C)OCCS(=O)(=O)NC(CCBr)C(C)(C)C. The highest BCUT2D eigenvalue weighted by Crippen LogP contribution is 2.23. The monoisotopic (exact) mass is 343 g/mol. The first kappa shape index (κ1) is 18.4. The number of hydrogen-bond donors (Lipinski definition) is 1. The van der Waals surface area contributed by atoms with Crippen molar-refractivity contribution in [3.63, 3.8) is 0 Å². The van der Waals surface area contributed by atoms with Gasteiger partial charge in [0.2, 0.25) is 10.0 Å². The van der Waals surface area contributed by atoms with E-state index in [4.69, 9.17) is 4.74 Å². The summed E-state index contributed by atoms with van der Waals surface area (Å²) in [5.74, 6) is 0.0139. The fourth-order valence-corrected chi connectivity index (χ4v) is 3.24. The fourth-order valence-electron chi connectivity index (χ4n) is 1.45. The number of rotatable bonds is 8. The van der Waals surface area contributed by atoms with Crippen LogP contribution in [-0.4, -0.2) is 38.3 Å². The standard InChI is InChI=1S/C12H26BrNO3S/c1-10(2)17-8-9-18(15,16)14-11(6-7-13)12(3,4)5/h10-11,14H,6-9H2,1-5H3. The summed E-state index contributed by atoms with van der Waals surface area (Å²) in [6, 6.07) is -0.0686. The van der Waals surface area contributed by atoms with Gasteiger partial charge in [-0.15, -0.1) is 0 Å². The van der Waals surface area contributed by atoms with Crippen LogP contribution in [0.2, 0.25) is 0 Å². The summed E-state index contributed by atoms with van der Waals surface area (Å²) in [6.07, 6.45) is 0.828. The molecule has 0 aromatic rings. The van der Waals surface area contributed by atoms with E-state index in [0.29, 0.717) is 0 Å². The van der Waals surface area contributed by atoms with E-state index in [2.05, 4.69) is 20.7 Å². The number of sulfonamides is 1. The lowest BCUT2D eigenvalue weighted by Gasteiger charge is -2.30. The van der Waals surface area contributed by atoms with Crippen LogP contribution in [0.25, 0.3) is 0 Å². The normalized spacial score (nSPS) is 15.1. The molecule has 1 N–H and O–H groups in total. The molecule has 0 radical (unpaired) electrons. The van der Waals surface area contributed by atoms with Crippen molar-refractivity contribution in [2.45, 2.75) is 53.2 Å². The predicted octanol–water partition coefficient (Wildman–Crippen LogP) is 2.53. The summed E-state index contributed by atoms with van der Waals surface area (Å²) in [5.41, 5.74) is -0.0975. The van der Waals surface area contributed by atoms with Gasteiger partial charge in [0.1, 0.15) is 0 Å². The lowest BCUT2D eigenvalue weighted by atomic mass is 9.86. The lowest BCUT2D eigenvalue weighted by molar-refractivity contribution is 0.0910. The maximum absolute atomic E-state index is 11.9. The molecule has 0 rings (SSSR count). The third-order valence-corrected chi connectivity index (χ3v) is 4.37. The molecule has 0 amide bonds. The van der Waals surface area contributed by atoms with Crippen LogP contribution >= 0.6 is 15.9 Å². The Labute approximate surface area is 120 Å². The van der Waals surface area contributed by atoms with Gasteiger partial charge >= 0.3 is 0 Å². The molecular weight excluding hydrogens is 318 g/mol. The second-order valence-electron chi connectivity index (χ2n) is 5.75. The molecule has 0 bridgehead atoms. The summed E-state index contributed by atoms with van der Waals surface area (Å²) in [7, 11) is -3.28. The second-order valence-corrected chi connectivity index (χ2v) is 8.42. The number of nitrogens with one attached hydrogen (secondary N) is 1. The smallest absolute Gasteiger partial charge is 0.214 e. The van der Waals surface area contributed by atoms with E-state index >= 15 is 0 Å². The Hall–Kier alpha value is 0.350. The minimum absolute atomic E-state index is 0.0139. The zero-order valence-electron chi connectivity index (χ0n) is 12.0. The lowest BCUT2D eigenvalue weighted by Crippen LogP contribution is -2.45. The number of alkyl halides is 1. The molecule has 4 nitrogen and oxygen atoms in total. The molecule has 0 aliphatic rings. The molecule has 0 aliphatic carbocycles. The first-order valence-corrected chi connectivity index (χ1v) is 9.03. The summed E-state index contributed by atoms with van der Waals surface area (Å²) in [5, 5.41) is 0.778. The largest absolute Gasteiger partial charge is 0.378 e. The Kier molecular flexibility index (Phi) is 7.97. The summed E-state index contributed by atoms with van der Waals surface area (Å²) < 4.78 is 31.9. The van der Waals surface area contributed by atoms with Gasteiger partial charge in [-0.2, -0.15) is 0 Å². The van der Waals surface area contributed by atoms with E-state index in [1.54, 1.807) is 0 Å². The van der Waals surface area contributed by atoms with Gasteiger partial charge in [0.25, 0.3) is 0 Å². The molecular formula is C12H26BrNO3S. The Bertz CT molecular complexity index is 323. The molecule has 0 saturated heterocycles. The molecule has 0 aromatic heterocycles. The van der Waals surface area contributed by atoms with Crippen molar-refractivity contribution < 1.29 is 13.2 Å². The molecule has 110 valence electrons. The summed E-state index contributed by atoms with van der Waals surface area (Å²) in [4.78, 5) is 0. The van der Waals surface area contributed by atoms with Crippen molar-refractivity contribution >= 4 is 26.0 Å². The highest BCUT2D eigenvalue weighted by atomic mass is 79.9. The van der Waals surface area contributed by atoms with Crippen molar-refractivity contribution in [2.75, 3.05) is 17.7 Å². The van der Waals surface area contributed by atoms with E-state index in [1.807, 2.05) is 34.6 Å².